The average Bonchev–Trinajstić information content (AvgIpc) is 2.50. The SMILES string of the molecule is Cc1ccc2cc(C)n(C3CC(F)(F)C3)c2c1. The third-order valence-corrected chi connectivity index (χ3v) is 3.62. The second-order valence-corrected chi connectivity index (χ2v) is 5.14. The van der Waals surface area contributed by atoms with Crippen molar-refractivity contribution in [3.8, 4) is 0 Å². The van der Waals surface area contributed by atoms with Crippen LogP contribution < -0.4 is 0 Å². The van der Waals surface area contributed by atoms with Crippen molar-refractivity contribution in [3.05, 3.63) is 35.5 Å². The second kappa shape index (κ2) is 3.31. The minimum absolute atomic E-state index is 0.0223. The summed E-state index contributed by atoms with van der Waals surface area (Å²) in [6, 6.07) is 8.24. The van der Waals surface area contributed by atoms with E-state index >= 15 is 0 Å². The summed E-state index contributed by atoms with van der Waals surface area (Å²) in [6.45, 7) is 4.02. The molecule has 1 aliphatic carbocycles. The highest BCUT2D eigenvalue weighted by Crippen LogP contribution is 2.47. The minimum atomic E-state index is -2.46. The zero-order valence-corrected chi connectivity index (χ0v) is 10.0. The number of rotatable bonds is 1. The Hall–Kier alpha value is -1.38. The normalized spacial score (nSPS) is 19.5. The molecular weight excluding hydrogens is 220 g/mol. The van der Waals surface area contributed by atoms with Crippen LogP contribution in [0.15, 0.2) is 24.3 Å². The molecule has 1 saturated carbocycles. The molecule has 0 unspecified atom stereocenters. The van der Waals surface area contributed by atoms with Crippen LogP contribution in [-0.4, -0.2) is 10.5 Å². The molecule has 0 bridgehead atoms. The monoisotopic (exact) mass is 235 g/mol. The lowest BCUT2D eigenvalue weighted by Crippen LogP contribution is -2.37. The highest BCUT2D eigenvalue weighted by Gasteiger charge is 2.46. The van der Waals surface area contributed by atoms with Gasteiger partial charge >= 0.3 is 0 Å². The van der Waals surface area contributed by atoms with Gasteiger partial charge in [0.25, 0.3) is 5.92 Å². The Bertz CT molecular complexity index is 575. The van der Waals surface area contributed by atoms with Crippen LogP contribution in [0.5, 0.6) is 0 Å². The zero-order chi connectivity index (χ0) is 12.2. The fraction of sp³-hybridized carbons (Fsp3) is 0.429. The fourth-order valence-electron chi connectivity index (χ4n) is 2.77. The summed E-state index contributed by atoms with van der Waals surface area (Å²) in [5.74, 6) is -2.46. The van der Waals surface area contributed by atoms with Crippen LogP contribution in [0.3, 0.4) is 0 Å². The highest BCUT2D eigenvalue weighted by atomic mass is 19.3. The maximum Gasteiger partial charge on any atom is 0.252 e. The first-order valence-electron chi connectivity index (χ1n) is 5.92. The van der Waals surface area contributed by atoms with Crippen molar-refractivity contribution in [2.24, 2.45) is 0 Å². The Labute approximate surface area is 99.0 Å². The predicted molar refractivity (Wildman–Crippen MR) is 64.6 cm³/mol. The number of hydrogen-bond donors (Lipinski definition) is 0. The molecule has 90 valence electrons. The Morgan fingerprint density at radius 1 is 1.18 bits per heavy atom. The van der Waals surface area contributed by atoms with Crippen LogP contribution in [0.2, 0.25) is 0 Å². The number of alkyl halides is 2. The Morgan fingerprint density at radius 2 is 1.88 bits per heavy atom. The van der Waals surface area contributed by atoms with E-state index in [1.165, 1.54) is 5.56 Å². The third-order valence-electron chi connectivity index (χ3n) is 3.62. The molecule has 0 amide bonds. The van der Waals surface area contributed by atoms with Gasteiger partial charge in [-0.05, 0) is 36.9 Å². The minimum Gasteiger partial charge on any atom is -0.341 e. The molecule has 3 heteroatoms. The molecule has 0 atom stereocenters. The van der Waals surface area contributed by atoms with Gasteiger partial charge in [0.15, 0.2) is 0 Å². The molecule has 1 aliphatic rings. The maximum absolute atomic E-state index is 13.0. The molecule has 1 nitrogen and oxygen atoms in total. The zero-order valence-electron chi connectivity index (χ0n) is 10.0. The van der Waals surface area contributed by atoms with Gasteiger partial charge in [0.1, 0.15) is 0 Å². The lowest BCUT2D eigenvalue weighted by molar-refractivity contribution is -0.103. The molecule has 2 aromatic rings. The van der Waals surface area contributed by atoms with E-state index in [1.807, 2.05) is 13.8 Å². The summed E-state index contributed by atoms with van der Waals surface area (Å²) in [4.78, 5) is 0. The van der Waals surface area contributed by atoms with Gasteiger partial charge in [-0.2, -0.15) is 0 Å². The van der Waals surface area contributed by atoms with Crippen molar-refractivity contribution < 1.29 is 8.78 Å². The van der Waals surface area contributed by atoms with Gasteiger partial charge in [0, 0.05) is 30.1 Å². The number of nitrogens with zero attached hydrogens (tertiary/aromatic N) is 1. The first-order chi connectivity index (χ1) is 7.96. The van der Waals surface area contributed by atoms with Gasteiger partial charge in [0.05, 0.1) is 0 Å². The summed E-state index contributed by atoms with van der Waals surface area (Å²) in [7, 11) is 0. The van der Waals surface area contributed by atoms with E-state index in [-0.39, 0.29) is 18.9 Å². The molecule has 0 spiro atoms. The molecule has 1 aromatic heterocycles. The number of hydrogen-bond acceptors (Lipinski definition) is 0. The molecular formula is C14H15F2N. The van der Waals surface area contributed by atoms with Crippen LogP contribution in [0.25, 0.3) is 10.9 Å². The molecule has 0 saturated heterocycles. The van der Waals surface area contributed by atoms with Crippen LogP contribution in [-0.2, 0) is 0 Å². The number of fused-ring (bicyclic) bond motifs is 1. The van der Waals surface area contributed by atoms with Crippen molar-refractivity contribution in [1.29, 1.82) is 0 Å². The molecule has 1 heterocycles. The van der Waals surface area contributed by atoms with Gasteiger partial charge in [-0.3, -0.25) is 0 Å². The Morgan fingerprint density at radius 3 is 2.53 bits per heavy atom. The van der Waals surface area contributed by atoms with Crippen molar-refractivity contribution in [2.75, 3.05) is 0 Å². The lowest BCUT2D eigenvalue weighted by Gasteiger charge is -2.37. The van der Waals surface area contributed by atoms with E-state index in [4.69, 9.17) is 0 Å². The van der Waals surface area contributed by atoms with Crippen molar-refractivity contribution >= 4 is 10.9 Å². The van der Waals surface area contributed by atoms with Crippen LogP contribution >= 0.6 is 0 Å². The Kier molecular flexibility index (Phi) is 2.09. The summed E-state index contributed by atoms with van der Waals surface area (Å²) in [5.41, 5.74) is 3.33. The van der Waals surface area contributed by atoms with E-state index in [2.05, 4.69) is 28.8 Å². The second-order valence-electron chi connectivity index (χ2n) is 5.14. The smallest absolute Gasteiger partial charge is 0.252 e. The third kappa shape index (κ3) is 1.65. The number of aromatic nitrogens is 1. The number of aryl methyl sites for hydroxylation is 2. The number of halogens is 2. The Balaban J connectivity index is 2.09. The van der Waals surface area contributed by atoms with Crippen LogP contribution in [0.4, 0.5) is 8.78 Å². The van der Waals surface area contributed by atoms with Gasteiger partial charge in [-0.15, -0.1) is 0 Å². The van der Waals surface area contributed by atoms with Crippen molar-refractivity contribution in [3.63, 3.8) is 0 Å². The maximum atomic E-state index is 13.0. The summed E-state index contributed by atoms with van der Waals surface area (Å²) in [6.07, 6.45) is -0.0445. The van der Waals surface area contributed by atoms with Gasteiger partial charge in [0.2, 0.25) is 0 Å². The van der Waals surface area contributed by atoms with Crippen molar-refractivity contribution in [2.45, 2.75) is 38.7 Å². The summed E-state index contributed by atoms with van der Waals surface area (Å²) in [5, 5.41) is 1.14. The quantitative estimate of drug-likeness (QED) is 0.697. The summed E-state index contributed by atoms with van der Waals surface area (Å²) >= 11 is 0. The van der Waals surface area contributed by atoms with E-state index in [0.29, 0.717) is 0 Å². The average molecular weight is 235 g/mol. The molecule has 0 aliphatic heterocycles. The number of benzene rings is 1. The molecule has 1 fully saturated rings. The first-order valence-corrected chi connectivity index (χ1v) is 5.92. The fourth-order valence-corrected chi connectivity index (χ4v) is 2.77. The topological polar surface area (TPSA) is 4.93 Å². The molecule has 17 heavy (non-hydrogen) atoms. The van der Waals surface area contributed by atoms with Gasteiger partial charge < -0.3 is 4.57 Å². The standard InChI is InChI=1S/C14H15F2N/c1-9-3-4-11-6-10(2)17(13(11)5-9)12-7-14(15,16)8-12/h3-6,12H,7-8H2,1-2H3. The largest absolute Gasteiger partial charge is 0.341 e. The van der Waals surface area contributed by atoms with E-state index in [0.717, 1.165) is 16.6 Å². The van der Waals surface area contributed by atoms with E-state index in [1.54, 1.807) is 0 Å². The van der Waals surface area contributed by atoms with Crippen LogP contribution in [0, 0.1) is 13.8 Å². The first kappa shape index (κ1) is 10.8. The van der Waals surface area contributed by atoms with Crippen molar-refractivity contribution in [1.82, 2.24) is 4.57 Å². The molecule has 0 N–H and O–H groups in total. The van der Waals surface area contributed by atoms with E-state index in [9.17, 15) is 8.78 Å². The van der Waals surface area contributed by atoms with E-state index < -0.39 is 5.92 Å². The molecule has 1 aromatic carbocycles. The van der Waals surface area contributed by atoms with Gasteiger partial charge in [-0.25, -0.2) is 8.78 Å². The summed E-state index contributed by atoms with van der Waals surface area (Å²) < 4.78 is 28.0. The van der Waals surface area contributed by atoms with Gasteiger partial charge in [-0.1, -0.05) is 12.1 Å². The lowest BCUT2D eigenvalue weighted by atomic mass is 9.87. The molecule has 0 radical (unpaired) electrons. The predicted octanol–water partition coefficient (Wildman–Crippen LogP) is 4.23. The van der Waals surface area contributed by atoms with Crippen LogP contribution in [0.1, 0.15) is 30.1 Å². The molecule has 3 rings (SSSR count). The highest BCUT2D eigenvalue weighted by molar-refractivity contribution is 5.82.